The molecule has 3 rings (SSSR count). The molecule has 1 heterocycles. The Hall–Kier alpha value is -1.87. The summed E-state index contributed by atoms with van der Waals surface area (Å²) in [5.74, 6) is 0.392. The fourth-order valence-corrected chi connectivity index (χ4v) is 2.81. The van der Waals surface area contributed by atoms with Gasteiger partial charge in [-0.1, -0.05) is 24.3 Å². The Labute approximate surface area is 128 Å². The van der Waals surface area contributed by atoms with Crippen LogP contribution in [0.2, 0.25) is 0 Å². The Morgan fingerprint density at radius 2 is 1.76 bits per heavy atom. The summed E-state index contributed by atoms with van der Waals surface area (Å²) in [6.45, 7) is 5.74. The van der Waals surface area contributed by atoms with Gasteiger partial charge < -0.3 is 0 Å². The van der Waals surface area contributed by atoms with Crippen molar-refractivity contribution in [1.29, 1.82) is 0 Å². The molecule has 0 N–H and O–H groups in total. The fraction of sp³-hybridized carbons (Fsp3) is 0.235. The first-order valence-corrected chi connectivity index (χ1v) is 7.32. The summed E-state index contributed by atoms with van der Waals surface area (Å²) in [6.07, 6.45) is 0. The van der Waals surface area contributed by atoms with Crippen LogP contribution in [0.3, 0.4) is 0 Å². The summed E-state index contributed by atoms with van der Waals surface area (Å²) in [7, 11) is 0. The predicted molar refractivity (Wildman–Crippen MR) is 84.8 cm³/mol. The summed E-state index contributed by atoms with van der Waals surface area (Å²) in [4.78, 5) is 4.63. The maximum absolute atomic E-state index is 14.4. The fourth-order valence-electron chi connectivity index (χ4n) is 2.67. The van der Waals surface area contributed by atoms with E-state index in [2.05, 4.69) is 4.98 Å². The topological polar surface area (TPSA) is 17.8 Å². The van der Waals surface area contributed by atoms with Crippen molar-refractivity contribution in [1.82, 2.24) is 9.55 Å². The summed E-state index contributed by atoms with van der Waals surface area (Å²) < 4.78 is 16.2. The van der Waals surface area contributed by atoms with Gasteiger partial charge in [-0.2, -0.15) is 0 Å². The van der Waals surface area contributed by atoms with Crippen LogP contribution in [-0.2, 0) is 0 Å². The summed E-state index contributed by atoms with van der Waals surface area (Å²) >= 11 is 6.28. The standard InChI is InChI=1S/C17H16ClFN2/c1-10-6-5-9-14-15(10)20-17(12(3)18)21(14)16-11(2)7-4-8-13(16)19/h4-9,12H,1-3H3. The van der Waals surface area contributed by atoms with Gasteiger partial charge in [-0.25, -0.2) is 9.37 Å². The highest BCUT2D eigenvalue weighted by Crippen LogP contribution is 2.31. The van der Waals surface area contributed by atoms with E-state index in [-0.39, 0.29) is 11.2 Å². The lowest BCUT2D eigenvalue weighted by Crippen LogP contribution is -2.06. The van der Waals surface area contributed by atoms with Gasteiger partial charge in [0.15, 0.2) is 0 Å². The summed E-state index contributed by atoms with van der Waals surface area (Å²) in [5.41, 5.74) is 4.18. The number of nitrogens with zero attached hydrogens (tertiary/aromatic N) is 2. The molecule has 2 aromatic carbocycles. The van der Waals surface area contributed by atoms with Crippen LogP contribution in [0.4, 0.5) is 4.39 Å². The number of fused-ring (bicyclic) bond motifs is 1. The molecule has 1 atom stereocenters. The Bertz CT molecular complexity index is 801. The molecule has 0 aliphatic carbocycles. The van der Waals surface area contributed by atoms with E-state index in [1.807, 2.05) is 49.6 Å². The molecule has 0 spiro atoms. The van der Waals surface area contributed by atoms with Crippen molar-refractivity contribution in [3.63, 3.8) is 0 Å². The molecule has 0 amide bonds. The Balaban J connectivity index is 2.46. The molecule has 0 aliphatic heterocycles. The number of rotatable bonds is 2. The molecule has 108 valence electrons. The largest absolute Gasteiger partial charge is 0.292 e. The normalized spacial score (nSPS) is 12.8. The molecule has 0 aliphatic rings. The molecule has 0 saturated carbocycles. The summed E-state index contributed by atoms with van der Waals surface area (Å²) in [6, 6.07) is 11.0. The second-order valence-corrected chi connectivity index (χ2v) is 5.92. The molecule has 2 nitrogen and oxygen atoms in total. The molecule has 0 fully saturated rings. The third-order valence-corrected chi connectivity index (χ3v) is 3.88. The number of aryl methyl sites for hydroxylation is 2. The van der Waals surface area contributed by atoms with Gasteiger partial charge in [0.25, 0.3) is 0 Å². The zero-order valence-corrected chi connectivity index (χ0v) is 12.9. The van der Waals surface area contributed by atoms with Crippen LogP contribution in [0.15, 0.2) is 36.4 Å². The highest BCUT2D eigenvalue weighted by Gasteiger charge is 2.20. The monoisotopic (exact) mass is 302 g/mol. The lowest BCUT2D eigenvalue weighted by molar-refractivity contribution is 0.615. The third-order valence-electron chi connectivity index (χ3n) is 3.68. The van der Waals surface area contributed by atoms with Crippen molar-refractivity contribution >= 4 is 22.6 Å². The van der Waals surface area contributed by atoms with Crippen molar-refractivity contribution in [3.8, 4) is 5.69 Å². The molecule has 4 heteroatoms. The van der Waals surface area contributed by atoms with Gasteiger partial charge in [0, 0.05) is 0 Å². The Morgan fingerprint density at radius 3 is 2.43 bits per heavy atom. The molecule has 0 radical (unpaired) electrons. The van der Waals surface area contributed by atoms with Crippen LogP contribution in [0.25, 0.3) is 16.7 Å². The number of halogens is 2. The SMILES string of the molecule is Cc1cccc(F)c1-n1c(C(C)Cl)nc2c(C)cccc21. The van der Waals surface area contributed by atoms with Gasteiger partial charge in [0.2, 0.25) is 0 Å². The van der Waals surface area contributed by atoms with E-state index >= 15 is 0 Å². The molecular formula is C17H16ClFN2. The number of aromatic nitrogens is 2. The lowest BCUT2D eigenvalue weighted by Gasteiger charge is -2.14. The molecule has 1 unspecified atom stereocenters. The molecule has 0 saturated heterocycles. The van der Waals surface area contributed by atoms with Gasteiger partial charge in [-0.05, 0) is 44.0 Å². The smallest absolute Gasteiger partial charge is 0.147 e. The van der Waals surface area contributed by atoms with Gasteiger partial charge in [-0.15, -0.1) is 11.6 Å². The number of hydrogen-bond acceptors (Lipinski definition) is 1. The van der Waals surface area contributed by atoms with Crippen LogP contribution >= 0.6 is 11.6 Å². The molecule has 1 aromatic heterocycles. The van der Waals surface area contributed by atoms with Crippen molar-refractivity contribution in [2.45, 2.75) is 26.1 Å². The number of imidazole rings is 1. The Morgan fingerprint density at radius 1 is 1.10 bits per heavy atom. The number of para-hydroxylation sites is 2. The van der Waals surface area contributed by atoms with Gasteiger partial charge >= 0.3 is 0 Å². The van der Waals surface area contributed by atoms with E-state index in [0.29, 0.717) is 11.5 Å². The van der Waals surface area contributed by atoms with E-state index in [1.165, 1.54) is 6.07 Å². The average Bonchev–Trinajstić information content (AvgIpc) is 2.80. The first-order chi connectivity index (χ1) is 10.0. The second-order valence-electron chi connectivity index (χ2n) is 5.27. The Kier molecular flexibility index (Phi) is 3.46. The van der Waals surface area contributed by atoms with E-state index in [9.17, 15) is 4.39 Å². The third kappa shape index (κ3) is 2.22. The average molecular weight is 303 g/mol. The second kappa shape index (κ2) is 5.15. The quantitative estimate of drug-likeness (QED) is 0.604. The zero-order chi connectivity index (χ0) is 15.1. The van der Waals surface area contributed by atoms with E-state index in [0.717, 1.165) is 22.2 Å². The van der Waals surface area contributed by atoms with Gasteiger partial charge in [0.05, 0.1) is 22.1 Å². The zero-order valence-electron chi connectivity index (χ0n) is 12.2. The van der Waals surface area contributed by atoms with Crippen molar-refractivity contribution in [3.05, 3.63) is 59.2 Å². The maximum Gasteiger partial charge on any atom is 0.147 e. The molecule has 3 aromatic rings. The molecule has 21 heavy (non-hydrogen) atoms. The highest BCUT2D eigenvalue weighted by molar-refractivity contribution is 6.20. The first kappa shape index (κ1) is 14.1. The lowest BCUT2D eigenvalue weighted by atomic mass is 10.1. The number of alkyl halides is 1. The van der Waals surface area contributed by atoms with Crippen LogP contribution in [0, 0.1) is 19.7 Å². The van der Waals surface area contributed by atoms with E-state index in [4.69, 9.17) is 11.6 Å². The number of benzene rings is 2. The van der Waals surface area contributed by atoms with Crippen molar-refractivity contribution in [2.75, 3.05) is 0 Å². The highest BCUT2D eigenvalue weighted by atomic mass is 35.5. The number of hydrogen-bond donors (Lipinski definition) is 0. The van der Waals surface area contributed by atoms with Gasteiger partial charge in [-0.3, -0.25) is 4.57 Å². The first-order valence-electron chi connectivity index (χ1n) is 6.88. The molecule has 0 bridgehead atoms. The minimum absolute atomic E-state index is 0.269. The van der Waals surface area contributed by atoms with Crippen molar-refractivity contribution < 1.29 is 4.39 Å². The minimum atomic E-state index is -0.309. The van der Waals surface area contributed by atoms with Crippen LogP contribution in [-0.4, -0.2) is 9.55 Å². The predicted octanol–water partition coefficient (Wildman–Crippen LogP) is 5.08. The maximum atomic E-state index is 14.4. The van der Waals surface area contributed by atoms with Crippen LogP contribution < -0.4 is 0 Å². The van der Waals surface area contributed by atoms with E-state index < -0.39 is 0 Å². The van der Waals surface area contributed by atoms with Crippen molar-refractivity contribution in [2.24, 2.45) is 0 Å². The molecular weight excluding hydrogens is 287 g/mol. The minimum Gasteiger partial charge on any atom is -0.292 e. The summed E-state index contributed by atoms with van der Waals surface area (Å²) in [5, 5.41) is -0.309. The van der Waals surface area contributed by atoms with Gasteiger partial charge in [0.1, 0.15) is 11.6 Å². The van der Waals surface area contributed by atoms with Crippen LogP contribution in [0.1, 0.15) is 29.3 Å². The van der Waals surface area contributed by atoms with E-state index in [1.54, 1.807) is 6.07 Å². The van der Waals surface area contributed by atoms with Crippen LogP contribution in [0.5, 0.6) is 0 Å².